The maximum absolute atomic E-state index is 12.5. The molecule has 0 atom stereocenters. The average molecular weight is 400 g/mol. The van der Waals surface area contributed by atoms with Crippen LogP contribution in [0.15, 0.2) is 40.7 Å². The zero-order valence-electron chi connectivity index (χ0n) is 13.8. The summed E-state index contributed by atoms with van der Waals surface area (Å²) in [5, 5.41) is 5.31. The molecule has 0 spiro atoms. The molecule has 3 rings (SSSR count). The highest BCUT2D eigenvalue weighted by molar-refractivity contribution is 7.98. The Bertz CT molecular complexity index is 743. The lowest BCUT2D eigenvalue weighted by molar-refractivity contribution is 0.0730. The van der Waals surface area contributed by atoms with Crippen molar-refractivity contribution in [2.75, 3.05) is 43.9 Å². The second-order valence-electron chi connectivity index (χ2n) is 5.45. The maximum atomic E-state index is 12.5. The molecule has 1 aliphatic heterocycles. The van der Waals surface area contributed by atoms with Crippen molar-refractivity contribution in [3.8, 4) is 0 Å². The number of aromatic nitrogens is 1. The molecule has 0 unspecified atom stereocenters. The van der Waals surface area contributed by atoms with Gasteiger partial charge in [0.2, 0.25) is 10.0 Å². The predicted octanol–water partition coefficient (Wildman–Crippen LogP) is 2.51. The molecule has 1 N–H and O–H groups in total. The Morgan fingerprint density at radius 2 is 2.12 bits per heavy atom. The second kappa shape index (κ2) is 9.00. The molecule has 1 aliphatic rings. The summed E-state index contributed by atoms with van der Waals surface area (Å²) >= 11 is 3.63. The van der Waals surface area contributed by atoms with Gasteiger partial charge in [-0.3, -0.25) is 0 Å². The molecule has 0 aliphatic carbocycles. The lowest BCUT2D eigenvalue weighted by Gasteiger charge is -2.25. The van der Waals surface area contributed by atoms with Gasteiger partial charge in [-0.15, -0.1) is 11.3 Å². The van der Waals surface area contributed by atoms with Gasteiger partial charge in [0.05, 0.1) is 13.2 Å². The first kappa shape index (κ1) is 18.7. The molecule has 0 saturated carbocycles. The zero-order chi connectivity index (χ0) is 17.5. The highest BCUT2D eigenvalue weighted by Crippen LogP contribution is 2.18. The average Bonchev–Trinajstić information content (AvgIpc) is 3.16. The number of thiophene rings is 1. The number of anilines is 1. The van der Waals surface area contributed by atoms with E-state index in [1.807, 2.05) is 11.8 Å². The van der Waals surface area contributed by atoms with Crippen LogP contribution < -0.4 is 5.32 Å². The Labute approximate surface area is 156 Å². The number of thioether (sulfide) groups is 1. The third-order valence-corrected chi connectivity index (χ3v) is 7.67. The van der Waals surface area contributed by atoms with Gasteiger partial charge in [-0.05, 0) is 23.6 Å². The second-order valence-corrected chi connectivity index (χ2v) is 9.53. The first-order chi connectivity index (χ1) is 12.2. The van der Waals surface area contributed by atoms with Crippen LogP contribution in [0.4, 0.5) is 5.82 Å². The number of morpholine rings is 1. The van der Waals surface area contributed by atoms with Crippen LogP contribution in [0.1, 0.15) is 4.88 Å². The largest absolute Gasteiger partial charge is 0.379 e. The molecule has 136 valence electrons. The van der Waals surface area contributed by atoms with Crippen LogP contribution in [0.5, 0.6) is 0 Å². The summed E-state index contributed by atoms with van der Waals surface area (Å²) in [6.07, 6.45) is 1.42. The van der Waals surface area contributed by atoms with Gasteiger partial charge in [0.25, 0.3) is 0 Å². The number of sulfonamides is 1. The fourth-order valence-electron chi connectivity index (χ4n) is 2.39. The van der Waals surface area contributed by atoms with Crippen molar-refractivity contribution in [1.82, 2.24) is 9.29 Å². The Morgan fingerprint density at radius 1 is 1.28 bits per heavy atom. The Hall–Kier alpha value is -1.13. The highest BCUT2D eigenvalue weighted by atomic mass is 32.2. The number of nitrogens with one attached hydrogen (secondary N) is 1. The highest BCUT2D eigenvalue weighted by Gasteiger charge is 2.26. The van der Waals surface area contributed by atoms with Gasteiger partial charge in [-0.25, -0.2) is 13.4 Å². The minimum absolute atomic E-state index is 0.229. The molecule has 0 amide bonds. The number of rotatable bonds is 8. The molecule has 9 heteroatoms. The van der Waals surface area contributed by atoms with Crippen LogP contribution >= 0.6 is 23.1 Å². The van der Waals surface area contributed by atoms with E-state index in [9.17, 15) is 8.42 Å². The summed E-state index contributed by atoms with van der Waals surface area (Å²) in [4.78, 5) is 5.84. The van der Waals surface area contributed by atoms with E-state index in [0.29, 0.717) is 32.1 Å². The molecule has 1 fully saturated rings. The van der Waals surface area contributed by atoms with Gasteiger partial charge in [-0.1, -0.05) is 6.07 Å². The Morgan fingerprint density at radius 3 is 2.80 bits per heavy atom. The van der Waals surface area contributed by atoms with Crippen LogP contribution in [0.2, 0.25) is 0 Å². The summed E-state index contributed by atoms with van der Waals surface area (Å²) in [5.74, 6) is 2.68. The van der Waals surface area contributed by atoms with Crippen LogP contribution in [-0.2, 0) is 20.5 Å². The summed E-state index contributed by atoms with van der Waals surface area (Å²) in [7, 11) is -3.47. The van der Waals surface area contributed by atoms with Crippen LogP contribution in [0.25, 0.3) is 0 Å². The van der Waals surface area contributed by atoms with Gasteiger partial charge in [0, 0.05) is 42.2 Å². The third-order valence-electron chi connectivity index (χ3n) is 3.72. The van der Waals surface area contributed by atoms with Gasteiger partial charge < -0.3 is 10.1 Å². The van der Waals surface area contributed by atoms with E-state index in [1.54, 1.807) is 23.5 Å². The van der Waals surface area contributed by atoms with Gasteiger partial charge >= 0.3 is 0 Å². The van der Waals surface area contributed by atoms with E-state index in [0.717, 1.165) is 18.1 Å². The van der Waals surface area contributed by atoms with Gasteiger partial charge in [-0.2, -0.15) is 16.1 Å². The number of hydrogen-bond acceptors (Lipinski definition) is 7. The standard InChI is InChI=1S/C16H21N3O3S3/c20-25(21,19-6-8-22-9-7-19)15-3-4-16(18-12-15)17-5-11-23-13-14-2-1-10-24-14/h1-4,10,12H,5-9,11,13H2,(H,17,18). The van der Waals surface area contributed by atoms with Crippen molar-refractivity contribution in [2.24, 2.45) is 0 Å². The molecule has 0 aromatic carbocycles. The summed E-state index contributed by atoms with van der Waals surface area (Å²) in [6.45, 7) is 2.46. The minimum atomic E-state index is -3.47. The number of pyridine rings is 1. The first-order valence-electron chi connectivity index (χ1n) is 8.04. The maximum Gasteiger partial charge on any atom is 0.244 e. The normalized spacial score (nSPS) is 16.0. The number of hydrogen-bond donors (Lipinski definition) is 1. The molecule has 2 aromatic heterocycles. The van der Waals surface area contributed by atoms with Crippen molar-refractivity contribution in [1.29, 1.82) is 0 Å². The van der Waals surface area contributed by atoms with E-state index < -0.39 is 10.0 Å². The van der Waals surface area contributed by atoms with E-state index in [-0.39, 0.29) is 4.90 Å². The van der Waals surface area contributed by atoms with E-state index in [4.69, 9.17) is 4.74 Å². The zero-order valence-corrected chi connectivity index (χ0v) is 16.2. The van der Waals surface area contributed by atoms with Crippen LogP contribution in [0.3, 0.4) is 0 Å². The molecule has 3 heterocycles. The number of ether oxygens (including phenoxy) is 1. The topological polar surface area (TPSA) is 71.5 Å². The molecule has 1 saturated heterocycles. The minimum Gasteiger partial charge on any atom is -0.379 e. The molecular weight excluding hydrogens is 378 g/mol. The molecule has 2 aromatic rings. The molecular formula is C16H21N3O3S3. The van der Waals surface area contributed by atoms with Crippen LogP contribution in [-0.4, -0.2) is 56.3 Å². The lowest BCUT2D eigenvalue weighted by Crippen LogP contribution is -2.40. The fourth-order valence-corrected chi connectivity index (χ4v) is 5.45. The van der Waals surface area contributed by atoms with Gasteiger partial charge in [0.1, 0.15) is 10.7 Å². The fraction of sp³-hybridized carbons (Fsp3) is 0.438. The SMILES string of the molecule is O=S(=O)(c1ccc(NCCSCc2cccs2)nc1)N1CCOCC1. The monoisotopic (exact) mass is 399 g/mol. The number of nitrogens with zero attached hydrogens (tertiary/aromatic N) is 2. The van der Waals surface area contributed by atoms with Gasteiger partial charge in [0.15, 0.2) is 0 Å². The summed E-state index contributed by atoms with van der Waals surface area (Å²) in [6, 6.07) is 7.53. The first-order valence-corrected chi connectivity index (χ1v) is 11.5. The molecule has 6 nitrogen and oxygen atoms in total. The summed E-state index contributed by atoms with van der Waals surface area (Å²) in [5.41, 5.74) is 0. The quantitative estimate of drug-likeness (QED) is 0.688. The third kappa shape index (κ3) is 5.18. The molecule has 0 bridgehead atoms. The van der Waals surface area contributed by atoms with E-state index in [2.05, 4.69) is 27.8 Å². The van der Waals surface area contributed by atoms with Crippen molar-refractivity contribution in [2.45, 2.75) is 10.6 Å². The van der Waals surface area contributed by atoms with E-state index >= 15 is 0 Å². The Balaban J connectivity index is 1.46. The lowest BCUT2D eigenvalue weighted by atomic mass is 10.4. The molecule has 0 radical (unpaired) electrons. The summed E-state index contributed by atoms with van der Waals surface area (Å²) < 4.78 is 31.7. The van der Waals surface area contributed by atoms with Crippen LogP contribution in [0, 0.1) is 0 Å². The van der Waals surface area contributed by atoms with Crippen molar-refractivity contribution in [3.05, 3.63) is 40.7 Å². The Kier molecular flexibility index (Phi) is 6.71. The van der Waals surface area contributed by atoms with Crippen molar-refractivity contribution < 1.29 is 13.2 Å². The smallest absolute Gasteiger partial charge is 0.244 e. The van der Waals surface area contributed by atoms with E-state index in [1.165, 1.54) is 15.4 Å². The molecule has 25 heavy (non-hydrogen) atoms. The predicted molar refractivity (Wildman–Crippen MR) is 103 cm³/mol. The van der Waals surface area contributed by atoms with Crippen molar-refractivity contribution in [3.63, 3.8) is 0 Å². The van der Waals surface area contributed by atoms with Crippen molar-refractivity contribution >= 4 is 38.9 Å².